The van der Waals surface area contributed by atoms with Crippen LogP contribution in [0, 0.1) is 17.8 Å². The number of ether oxygens (including phenoxy) is 1. The fourth-order valence-corrected chi connectivity index (χ4v) is 10.2. The third-order valence-electron chi connectivity index (χ3n) is 13.9. The Morgan fingerprint density at radius 1 is 0.733 bits per heavy atom. The largest absolute Gasteiger partial charge is 0.375 e. The molecule has 10 nitrogen and oxygen atoms in total. The molecule has 3 aromatic carbocycles. The van der Waals surface area contributed by atoms with Crippen molar-refractivity contribution in [2.45, 2.75) is 116 Å². The van der Waals surface area contributed by atoms with Crippen LogP contribution in [0.4, 0.5) is 5.69 Å². The van der Waals surface area contributed by atoms with Gasteiger partial charge in [-0.15, -0.1) is 0 Å². The van der Waals surface area contributed by atoms with E-state index in [-0.39, 0.29) is 47.8 Å². The van der Waals surface area contributed by atoms with E-state index < -0.39 is 0 Å². The summed E-state index contributed by atoms with van der Waals surface area (Å²) in [4.78, 5) is 50.9. The number of benzene rings is 3. The monoisotopic (exact) mass is 807 g/mol. The SMILES string of the molecule is CC(C)[C@H](C)C(=O)N1CCC[C@H]1c1nc(-c2ccc([C@H]3CC[C@H](c4ccc(-c5nc6[nH]c5COCCCC[C@H](C)C(=O)N5CCC[C@@H]65)cc4)N3c3ccccc3)cc2)c[nH]1. The van der Waals surface area contributed by atoms with Gasteiger partial charge in [0.05, 0.1) is 47.9 Å². The van der Waals surface area contributed by atoms with Crippen molar-refractivity contribution >= 4 is 17.5 Å². The van der Waals surface area contributed by atoms with Gasteiger partial charge >= 0.3 is 0 Å². The van der Waals surface area contributed by atoms with Crippen molar-refractivity contribution in [3.63, 3.8) is 0 Å². The van der Waals surface area contributed by atoms with Gasteiger partial charge in [0.1, 0.15) is 11.6 Å². The molecule has 3 fully saturated rings. The number of amides is 2. The normalized spacial score (nSPS) is 24.3. The van der Waals surface area contributed by atoms with E-state index in [0.717, 1.165) is 111 Å². The minimum Gasteiger partial charge on any atom is -0.375 e. The van der Waals surface area contributed by atoms with Crippen molar-refractivity contribution in [3.05, 3.63) is 114 Å². The van der Waals surface area contributed by atoms with Gasteiger partial charge in [-0.05, 0) is 80.5 Å². The summed E-state index contributed by atoms with van der Waals surface area (Å²) in [6.07, 6.45) is 10.8. The Labute approximate surface area is 355 Å². The summed E-state index contributed by atoms with van der Waals surface area (Å²) in [6, 6.07) is 29.1. The molecule has 6 atom stereocenters. The molecule has 5 aromatic rings. The lowest BCUT2D eigenvalue weighted by molar-refractivity contribution is -0.137. The van der Waals surface area contributed by atoms with Crippen molar-refractivity contribution in [1.82, 2.24) is 29.7 Å². The van der Waals surface area contributed by atoms with E-state index in [1.807, 2.05) is 18.0 Å². The number of hydrogen-bond acceptors (Lipinski definition) is 6. The van der Waals surface area contributed by atoms with Crippen LogP contribution in [0.25, 0.3) is 22.5 Å². The molecule has 2 amide bonds. The Balaban J connectivity index is 0.947. The van der Waals surface area contributed by atoms with Crippen molar-refractivity contribution in [3.8, 4) is 22.5 Å². The molecule has 0 aliphatic carbocycles. The van der Waals surface area contributed by atoms with E-state index in [4.69, 9.17) is 14.7 Å². The highest BCUT2D eigenvalue weighted by molar-refractivity contribution is 5.80. The fraction of sp³-hybridized carbons (Fsp3) is 0.480. The number of carbonyl (C=O) groups excluding carboxylic acids is 2. The topological polar surface area (TPSA) is 110 Å². The number of aromatic amines is 2. The fourth-order valence-electron chi connectivity index (χ4n) is 10.2. The number of para-hydroxylation sites is 1. The average Bonchev–Trinajstić information content (AvgIpc) is 4.13. The number of rotatable bonds is 8. The molecule has 2 aromatic heterocycles. The highest BCUT2D eigenvalue weighted by atomic mass is 16.5. The summed E-state index contributed by atoms with van der Waals surface area (Å²) in [5.41, 5.74) is 8.73. The molecule has 0 saturated carbocycles. The molecular weight excluding hydrogens is 747 g/mol. The van der Waals surface area contributed by atoms with E-state index in [9.17, 15) is 9.59 Å². The van der Waals surface area contributed by atoms with Gasteiger partial charge in [0.25, 0.3) is 0 Å². The molecule has 0 unspecified atom stereocenters. The molecule has 314 valence electrons. The lowest BCUT2D eigenvalue weighted by Crippen LogP contribution is -2.36. The second-order valence-corrected chi connectivity index (χ2v) is 18.1. The zero-order valence-electron chi connectivity index (χ0n) is 35.8. The van der Waals surface area contributed by atoms with Crippen LogP contribution >= 0.6 is 0 Å². The molecule has 2 N–H and O–H groups in total. The number of fused-ring (bicyclic) bond motifs is 4. The van der Waals surface area contributed by atoms with Crippen molar-refractivity contribution in [1.29, 1.82) is 0 Å². The quantitative estimate of drug-likeness (QED) is 0.162. The molecule has 10 heteroatoms. The van der Waals surface area contributed by atoms with Gasteiger partial charge in [0, 0.05) is 54.5 Å². The van der Waals surface area contributed by atoms with E-state index in [2.05, 4.69) is 119 Å². The molecule has 4 aliphatic heterocycles. The van der Waals surface area contributed by atoms with E-state index >= 15 is 0 Å². The van der Waals surface area contributed by atoms with Crippen LogP contribution in [-0.4, -0.2) is 61.2 Å². The molecule has 2 bridgehead atoms. The van der Waals surface area contributed by atoms with Gasteiger partial charge in [-0.2, -0.15) is 0 Å². The zero-order chi connectivity index (χ0) is 41.3. The number of hydrogen-bond donors (Lipinski definition) is 2. The minimum atomic E-state index is -0.0219. The van der Waals surface area contributed by atoms with Crippen LogP contribution in [0.2, 0.25) is 0 Å². The maximum Gasteiger partial charge on any atom is 0.226 e. The van der Waals surface area contributed by atoms with Crippen LogP contribution in [-0.2, 0) is 20.9 Å². The maximum atomic E-state index is 13.5. The molecule has 3 saturated heterocycles. The molecule has 0 spiro atoms. The summed E-state index contributed by atoms with van der Waals surface area (Å²) in [5.74, 6) is 2.55. The highest BCUT2D eigenvalue weighted by Gasteiger charge is 2.38. The summed E-state index contributed by atoms with van der Waals surface area (Å²) in [6.45, 7) is 11.1. The summed E-state index contributed by atoms with van der Waals surface area (Å²) in [7, 11) is 0. The summed E-state index contributed by atoms with van der Waals surface area (Å²) in [5, 5.41) is 0. The number of likely N-dealkylation sites (tertiary alicyclic amines) is 1. The van der Waals surface area contributed by atoms with Gasteiger partial charge in [-0.25, -0.2) is 9.97 Å². The standard InChI is InChI=1S/C50H61N7O3/c1-32(2)34(4)50(59)56-28-10-15-44(56)47-51-30-40(52-47)35-17-19-36(20-18-35)42-25-26-43(57(42)39-13-6-5-7-14-39)37-21-23-38(24-22-37)46-41-31-60-29-9-8-12-33(3)49(58)55-27-11-16-45(55)48(53-41)54-46/h5-7,13-14,17-24,30,32-34,42-45H,8-12,15-16,25-29,31H2,1-4H3,(H,51,52)(H,53,54)/t33-,34-,42+,43+,44-,45-/m0/s1. The first-order valence-corrected chi connectivity index (χ1v) is 22.6. The molecule has 9 rings (SSSR count). The minimum absolute atomic E-state index is 0.000728. The van der Waals surface area contributed by atoms with Crippen LogP contribution in [0.15, 0.2) is 85.1 Å². The van der Waals surface area contributed by atoms with Crippen LogP contribution < -0.4 is 4.90 Å². The number of H-pyrrole nitrogens is 2. The van der Waals surface area contributed by atoms with Gasteiger partial charge in [-0.3, -0.25) is 9.59 Å². The average molecular weight is 808 g/mol. The van der Waals surface area contributed by atoms with Crippen molar-refractivity contribution in [2.75, 3.05) is 24.6 Å². The lowest BCUT2D eigenvalue weighted by Gasteiger charge is -2.33. The van der Waals surface area contributed by atoms with E-state index in [1.165, 1.54) is 16.8 Å². The first-order valence-electron chi connectivity index (χ1n) is 22.6. The predicted octanol–water partition coefficient (Wildman–Crippen LogP) is 10.5. The van der Waals surface area contributed by atoms with Crippen molar-refractivity contribution < 1.29 is 14.3 Å². The van der Waals surface area contributed by atoms with E-state index in [0.29, 0.717) is 19.1 Å². The number of carbonyl (C=O) groups is 2. The molecular formula is C50H61N7O3. The first-order chi connectivity index (χ1) is 29.2. The van der Waals surface area contributed by atoms with Gasteiger partial charge in [0.15, 0.2) is 0 Å². The van der Waals surface area contributed by atoms with Crippen LogP contribution in [0.3, 0.4) is 0 Å². The van der Waals surface area contributed by atoms with Crippen molar-refractivity contribution in [2.24, 2.45) is 17.8 Å². The maximum absolute atomic E-state index is 13.5. The summed E-state index contributed by atoms with van der Waals surface area (Å²) >= 11 is 0. The van der Waals surface area contributed by atoms with Gasteiger partial charge in [-0.1, -0.05) is 101 Å². The Morgan fingerprint density at radius 2 is 1.42 bits per heavy atom. The lowest BCUT2D eigenvalue weighted by atomic mass is 9.96. The number of anilines is 1. The highest BCUT2D eigenvalue weighted by Crippen LogP contribution is 2.47. The number of aromatic nitrogens is 4. The number of imidazole rings is 2. The second kappa shape index (κ2) is 17.4. The predicted molar refractivity (Wildman–Crippen MR) is 236 cm³/mol. The Kier molecular flexibility index (Phi) is 11.7. The Morgan fingerprint density at radius 3 is 2.13 bits per heavy atom. The molecule has 60 heavy (non-hydrogen) atoms. The molecule has 6 heterocycles. The third kappa shape index (κ3) is 7.91. The molecule has 0 radical (unpaired) electrons. The zero-order valence-corrected chi connectivity index (χ0v) is 35.8. The van der Waals surface area contributed by atoms with Crippen LogP contribution in [0.1, 0.15) is 138 Å². The smallest absolute Gasteiger partial charge is 0.226 e. The Hall–Kier alpha value is -5.22. The van der Waals surface area contributed by atoms with Crippen LogP contribution in [0.5, 0.6) is 0 Å². The Bertz CT molecular complexity index is 2250. The third-order valence-corrected chi connectivity index (χ3v) is 13.9. The van der Waals surface area contributed by atoms with Gasteiger partial charge < -0.3 is 29.4 Å². The van der Waals surface area contributed by atoms with Gasteiger partial charge in [0.2, 0.25) is 11.8 Å². The molecule has 4 aliphatic rings. The summed E-state index contributed by atoms with van der Waals surface area (Å²) < 4.78 is 6.19. The van der Waals surface area contributed by atoms with E-state index in [1.54, 1.807) is 0 Å². The second-order valence-electron chi connectivity index (χ2n) is 18.1. The number of nitrogens with zero attached hydrogens (tertiary/aromatic N) is 5. The number of nitrogens with one attached hydrogen (secondary N) is 2. The first kappa shape index (κ1) is 40.2.